The summed E-state index contributed by atoms with van der Waals surface area (Å²) in [7, 11) is -2.33. The van der Waals surface area contributed by atoms with Crippen LogP contribution < -0.4 is 24.8 Å². The highest BCUT2D eigenvalue weighted by Gasteiger charge is 2.62. The molecular formula is C42H51N5O8S. The second kappa shape index (κ2) is 16.1. The SMILES string of the molecule is C=CCCCC(=O)N[C@H](C(=O)N1C[C@H](Oc2cc(-c3ccccc3)nc3cc(OC)ccc23)C[C@H]1C(=O)NC1(C(=O)NS(=O)(=O)C2CC2)CC1C=C)C(C)(C)C. The van der Waals surface area contributed by atoms with Crippen LogP contribution in [0.15, 0.2) is 79.9 Å². The van der Waals surface area contributed by atoms with Crippen molar-refractivity contribution >= 4 is 44.6 Å². The van der Waals surface area contributed by atoms with Crippen LogP contribution in [0.1, 0.15) is 65.7 Å². The average molecular weight is 786 g/mol. The summed E-state index contributed by atoms with van der Waals surface area (Å²) in [6.07, 6.45) is 5.03. The standard InChI is InChI=1S/C42H51N5O8S/c1-7-9-11-16-36(48)44-37(41(3,4)5)39(50)47-25-29(22-34(47)38(49)45-42(24-27(42)8-2)40(51)46-56(52,53)30-18-19-30)55-35-23-32(26-14-12-10-13-15-26)43-33-21-28(54-6)17-20-31(33)35/h7-8,10,12-15,17,20-21,23,27,29-30,34,37H,1-2,9,11,16,18-19,22,24-25H2,3-6H3,(H,44,48)(H,45,49)(H,46,51)/t27?,29-,34+,37-,42?/m1/s1. The van der Waals surface area contributed by atoms with Crippen LogP contribution >= 0.6 is 0 Å². The van der Waals surface area contributed by atoms with Crippen molar-refractivity contribution < 1.29 is 37.1 Å². The number of ether oxygens (including phenoxy) is 2. The Morgan fingerprint density at radius 3 is 2.43 bits per heavy atom. The number of allylic oxidation sites excluding steroid dienone is 1. The highest BCUT2D eigenvalue weighted by atomic mass is 32.2. The van der Waals surface area contributed by atoms with E-state index in [9.17, 15) is 27.6 Å². The number of likely N-dealkylation sites (tertiary alicyclic amines) is 1. The van der Waals surface area contributed by atoms with Crippen molar-refractivity contribution in [3.05, 3.63) is 79.9 Å². The maximum absolute atomic E-state index is 14.7. The molecule has 13 nitrogen and oxygen atoms in total. The third-order valence-electron chi connectivity index (χ3n) is 10.7. The van der Waals surface area contributed by atoms with Crippen molar-refractivity contribution in [2.75, 3.05) is 13.7 Å². The molecule has 14 heteroatoms. The Hall–Kier alpha value is -5.24. The van der Waals surface area contributed by atoms with Gasteiger partial charge >= 0.3 is 0 Å². The van der Waals surface area contributed by atoms with Gasteiger partial charge in [-0.15, -0.1) is 13.2 Å². The van der Waals surface area contributed by atoms with Crippen molar-refractivity contribution in [2.24, 2.45) is 11.3 Å². The highest BCUT2D eigenvalue weighted by molar-refractivity contribution is 7.91. The van der Waals surface area contributed by atoms with Crippen LogP contribution in [0.3, 0.4) is 0 Å². The van der Waals surface area contributed by atoms with E-state index in [1.54, 1.807) is 25.3 Å². The Morgan fingerprint density at radius 2 is 1.80 bits per heavy atom. The monoisotopic (exact) mass is 785 g/mol. The molecule has 4 amide bonds. The summed E-state index contributed by atoms with van der Waals surface area (Å²) in [5, 5.41) is 5.79. The van der Waals surface area contributed by atoms with Crippen molar-refractivity contribution in [3.8, 4) is 22.8 Å². The summed E-state index contributed by atoms with van der Waals surface area (Å²) in [5.74, 6) is -1.71. The van der Waals surface area contributed by atoms with Gasteiger partial charge in [0.05, 0.1) is 30.1 Å². The molecule has 2 heterocycles. The summed E-state index contributed by atoms with van der Waals surface area (Å²) in [6.45, 7) is 13.0. The molecule has 0 spiro atoms. The molecule has 3 fully saturated rings. The molecule has 1 aliphatic heterocycles. The molecule has 5 atom stereocenters. The van der Waals surface area contributed by atoms with Crippen LogP contribution in [0.5, 0.6) is 11.5 Å². The molecule has 298 valence electrons. The number of nitrogens with zero attached hydrogens (tertiary/aromatic N) is 2. The predicted octanol–water partition coefficient (Wildman–Crippen LogP) is 4.82. The first kappa shape index (κ1) is 40.4. The van der Waals surface area contributed by atoms with E-state index < -0.39 is 68.1 Å². The number of hydrogen-bond donors (Lipinski definition) is 3. The van der Waals surface area contributed by atoms with E-state index in [1.165, 1.54) is 11.0 Å². The lowest BCUT2D eigenvalue weighted by Gasteiger charge is -2.35. The van der Waals surface area contributed by atoms with Gasteiger partial charge in [0, 0.05) is 41.8 Å². The van der Waals surface area contributed by atoms with E-state index in [0.29, 0.717) is 53.8 Å². The summed E-state index contributed by atoms with van der Waals surface area (Å²) in [5.41, 5.74) is -0.188. The lowest BCUT2D eigenvalue weighted by atomic mass is 9.85. The van der Waals surface area contributed by atoms with Gasteiger partial charge in [0.2, 0.25) is 27.7 Å². The molecule has 0 radical (unpaired) electrons. The minimum atomic E-state index is -3.91. The lowest BCUT2D eigenvalue weighted by Crippen LogP contribution is -2.60. The predicted molar refractivity (Wildman–Crippen MR) is 213 cm³/mol. The molecule has 1 saturated heterocycles. The van der Waals surface area contributed by atoms with E-state index in [2.05, 4.69) is 28.5 Å². The van der Waals surface area contributed by atoms with Crippen molar-refractivity contribution in [1.29, 1.82) is 0 Å². The van der Waals surface area contributed by atoms with E-state index >= 15 is 0 Å². The third kappa shape index (κ3) is 8.75. The number of hydrogen-bond acceptors (Lipinski definition) is 9. The second-order valence-electron chi connectivity index (χ2n) is 16.0. The van der Waals surface area contributed by atoms with E-state index in [-0.39, 0.29) is 31.7 Å². The molecule has 1 aromatic heterocycles. The first-order valence-corrected chi connectivity index (χ1v) is 20.6. The number of amides is 4. The molecule has 56 heavy (non-hydrogen) atoms. The molecule has 3 aromatic rings. The van der Waals surface area contributed by atoms with E-state index in [4.69, 9.17) is 14.5 Å². The number of sulfonamides is 1. The summed E-state index contributed by atoms with van der Waals surface area (Å²) >= 11 is 0. The summed E-state index contributed by atoms with van der Waals surface area (Å²) in [6, 6.07) is 14.7. The maximum Gasteiger partial charge on any atom is 0.259 e. The minimum absolute atomic E-state index is 0.0172. The number of unbranched alkanes of at least 4 members (excludes halogenated alkanes) is 1. The fourth-order valence-corrected chi connectivity index (χ4v) is 8.55. The van der Waals surface area contributed by atoms with Gasteiger partial charge in [-0.3, -0.25) is 23.9 Å². The van der Waals surface area contributed by atoms with Crippen molar-refractivity contribution in [2.45, 2.75) is 94.7 Å². The van der Waals surface area contributed by atoms with Gasteiger partial charge in [0.1, 0.15) is 35.2 Å². The number of methoxy groups -OCH3 is 1. The Balaban J connectivity index is 1.33. The average Bonchev–Trinajstić information content (AvgIpc) is 4.10. The van der Waals surface area contributed by atoms with E-state index in [0.717, 1.165) is 5.56 Å². The van der Waals surface area contributed by atoms with Gasteiger partial charge in [0.15, 0.2) is 0 Å². The molecular weight excluding hydrogens is 735 g/mol. The van der Waals surface area contributed by atoms with E-state index in [1.807, 2.05) is 63.2 Å². The number of rotatable bonds is 16. The number of aromatic nitrogens is 1. The van der Waals surface area contributed by atoms with Gasteiger partial charge < -0.3 is 25.0 Å². The summed E-state index contributed by atoms with van der Waals surface area (Å²) < 4.78 is 39.9. The van der Waals surface area contributed by atoms with Crippen molar-refractivity contribution in [3.63, 3.8) is 0 Å². The Kier molecular flexibility index (Phi) is 11.6. The van der Waals surface area contributed by atoms with Crippen LogP contribution in [-0.2, 0) is 29.2 Å². The van der Waals surface area contributed by atoms with Gasteiger partial charge in [-0.25, -0.2) is 13.4 Å². The van der Waals surface area contributed by atoms with Gasteiger partial charge in [0.25, 0.3) is 5.91 Å². The Bertz CT molecular complexity index is 2130. The third-order valence-corrected chi connectivity index (χ3v) is 12.5. The molecule has 2 saturated carbocycles. The van der Waals surface area contributed by atoms with Crippen LogP contribution in [0, 0.1) is 11.3 Å². The van der Waals surface area contributed by atoms with Gasteiger partial charge in [-0.05, 0) is 49.7 Å². The second-order valence-corrected chi connectivity index (χ2v) is 17.9. The van der Waals surface area contributed by atoms with Gasteiger partial charge in [-0.2, -0.15) is 0 Å². The van der Waals surface area contributed by atoms with Crippen LogP contribution in [0.4, 0.5) is 0 Å². The fraction of sp³-hybridized carbons (Fsp3) is 0.452. The Labute approximate surface area is 328 Å². The first-order chi connectivity index (χ1) is 26.6. The Morgan fingerprint density at radius 1 is 1.07 bits per heavy atom. The number of carbonyl (C=O) groups excluding carboxylic acids is 4. The zero-order valence-electron chi connectivity index (χ0n) is 32.4. The van der Waals surface area contributed by atoms with Crippen molar-refractivity contribution in [1.82, 2.24) is 25.2 Å². The van der Waals surface area contributed by atoms with Crippen LogP contribution in [-0.4, -0.2) is 84.6 Å². The molecule has 3 N–H and O–H groups in total. The molecule has 0 bridgehead atoms. The van der Waals surface area contributed by atoms with Gasteiger partial charge in [-0.1, -0.05) is 63.3 Å². The largest absolute Gasteiger partial charge is 0.497 e. The summed E-state index contributed by atoms with van der Waals surface area (Å²) in [4.78, 5) is 62.1. The van der Waals surface area contributed by atoms with Crippen LogP contribution in [0.2, 0.25) is 0 Å². The topological polar surface area (TPSA) is 173 Å². The quantitative estimate of drug-likeness (QED) is 0.136. The molecule has 3 aliphatic rings. The number of benzene rings is 2. The zero-order chi connectivity index (χ0) is 40.4. The maximum atomic E-state index is 14.7. The number of pyridine rings is 1. The molecule has 6 rings (SSSR count). The first-order valence-electron chi connectivity index (χ1n) is 19.0. The normalized spacial score (nSPS) is 22.4. The number of fused-ring (bicyclic) bond motifs is 1. The molecule has 2 unspecified atom stereocenters. The minimum Gasteiger partial charge on any atom is -0.497 e. The zero-order valence-corrected chi connectivity index (χ0v) is 33.2. The van der Waals surface area contributed by atoms with Crippen LogP contribution in [0.25, 0.3) is 22.2 Å². The fourth-order valence-electron chi connectivity index (χ4n) is 7.19. The highest BCUT2D eigenvalue weighted by Crippen LogP contribution is 2.46. The molecule has 2 aliphatic carbocycles. The molecule has 2 aromatic carbocycles. The lowest BCUT2D eigenvalue weighted by molar-refractivity contribution is -0.144. The number of carbonyl (C=O) groups is 4. The smallest absolute Gasteiger partial charge is 0.259 e. The number of nitrogens with one attached hydrogen (secondary N) is 3.